The average Bonchev–Trinajstić information content (AvgIpc) is 2.95. The van der Waals surface area contributed by atoms with Crippen LogP contribution < -0.4 is 11.3 Å². The molecule has 1 aromatic rings. The zero-order valence-corrected chi connectivity index (χ0v) is 10.8. The van der Waals surface area contributed by atoms with E-state index >= 15 is 0 Å². The highest BCUT2D eigenvalue weighted by Crippen LogP contribution is 2.31. The van der Waals surface area contributed by atoms with Crippen molar-refractivity contribution in [2.75, 3.05) is 12.0 Å². The predicted octanol–water partition coefficient (Wildman–Crippen LogP) is 2.05. The summed E-state index contributed by atoms with van der Waals surface area (Å²) in [5.41, 5.74) is 2.59. The summed E-state index contributed by atoms with van der Waals surface area (Å²) in [6, 6.07) is 0.594. The van der Waals surface area contributed by atoms with E-state index in [2.05, 4.69) is 29.2 Å². The lowest BCUT2D eigenvalue weighted by Gasteiger charge is -2.25. The van der Waals surface area contributed by atoms with Crippen molar-refractivity contribution in [3.63, 3.8) is 0 Å². The normalized spacial score (nSPS) is 16.1. The van der Waals surface area contributed by atoms with E-state index in [-0.39, 0.29) is 0 Å². The third-order valence-electron chi connectivity index (χ3n) is 2.96. The summed E-state index contributed by atoms with van der Waals surface area (Å²) in [4.78, 5) is 8.00. The number of aromatic nitrogens is 1. The molecule has 1 fully saturated rings. The number of rotatable bonds is 6. The van der Waals surface area contributed by atoms with Crippen LogP contribution in [0.4, 0.5) is 5.13 Å². The van der Waals surface area contributed by atoms with Gasteiger partial charge in [-0.05, 0) is 32.6 Å². The van der Waals surface area contributed by atoms with Crippen LogP contribution in [0.5, 0.6) is 0 Å². The van der Waals surface area contributed by atoms with Gasteiger partial charge in [0.1, 0.15) is 0 Å². The number of nitrogens with zero attached hydrogens (tertiary/aromatic N) is 2. The highest BCUT2D eigenvalue weighted by Gasteiger charge is 2.25. The van der Waals surface area contributed by atoms with Gasteiger partial charge in [0.05, 0.1) is 0 Å². The predicted molar refractivity (Wildman–Crippen MR) is 68.2 cm³/mol. The molecule has 0 aliphatic heterocycles. The molecule has 5 heteroatoms. The molecule has 1 aliphatic carbocycles. The molecule has 1 aromatic heterocycles. The minimum absolute atomic E-state index is 0.594. The fourth-order valence-electron chi connectivity index (χ4n) is 1.74. The minimum atomic E-state index is 0.594. The van der Waals surface area contributed by atoms with Gasteiger partial charge in [0.15, 0.2) is 5.13 Å². The Morgan fingerprint density at radius 2 is 2.38 bits per heavy atom. The molecule has 1 aliphatic rings. The molecule has 0 amide bonds. The van der Waals surface area contributed by atoms with Crippen molar-refractivity contribution in [3.05, 3.63) is 11.1 Å². The smallest absolute Gasteiger partial charge is 0.197 e. The summed E-state index contributed by atoms with van der Waals surface area (Å²) in [5.74, 6) is 6.26. The number of hydrogen-bond acceptors (Lipinski definition) is 5. The van der Waals surface area contributed by atoms with Crippen LogP contribution in [-0.2, 0) is 6.54 Å². The molecule has 0 saturated heterocycles. The molecular weight excluding hydrogens is 220 g/mol. The molecule has 0 radical (unpaired) electrons. The lowest BCUT2D eigenvalue weighted by atomic mass is 10.2. The Hall–Kier alpha value is -0.650. The van der Waals surface area contributed by atoms with Crippen LogP contribution >= 0.6 is 11.3 Å². The van der Waals surface area contributed by atoms with Gasteiger partial charge < -0.3 is 0 Å². The van der Waals surface area contributed by atoms with E-state index in [0.717, 1.165) is 17.6 Å². The summed E-state index contributed by atoms with van der Waals surface area (Å²) in [6.45, 7) is 6.73. The monoisotopic (exact) mass is 240 g/mol. The van der Waals surface area contributed by atoms with Crippen molar-refractivity contribution >= 4 is 16.5 Å². The Kier molecular flexibility index (Phi) is 3.78. The number of nitrogens with one attached hydrogen (secondary N) is 1. The van der Waals surface area contributed by atoms with E-state index < -0.39 is 0 Å². The van der Waals surface area contributed by atoms with Crippen LogP contribution in [0, 0.1) is 5.92 Å². The molecule has 3 N–H and O–H groups in total. The fraction of sp³-hybridized carbons (Fsp3) is 0.727. The third kappa shape index (κ3) is 3.17. The van der Waals surface area contributed by atoms with Gasteiger partial charge in [0.2, 0.25) is 0 Å². The van der Waals surface area contributed by atoms with Crippen molar-refractivity contribution in [2.45, 2.75) is 39.3 Å². The number of hydrazine groups is 1. The third-order valence-corrected chi connectivity index (χ3v) is 3.87. The van der Waals surface area contributed by atoms with Crippen LogP contribution in [-0.4, -0.2) is 22.5 Å². The summed E-state index contributed by atoms with van der Waals surface area (Å²) < 4.78 is 0. The first-order valence-corrected chi connectivity index (χ1v) is 6.66. The maximum Gasteiger partial charge on any atom is 0.197 e. The Morgan fingerprint density at radius 1 is 1.62 bits per heavy atom. The molecule has 0 atom stereocenters. The first-order valence-electron chi connectivity index (χ1n) is 5.84. The van der Waals surface area contributed by atoms with Crippen molar-refractivity contribution < 1.29 is 0 Å². The van der Waals surface area contributed by atoms with Gasteiger partial charge >= 0.3 is 0 Å². The molecule has 0 aromatic carbocycles. The van der Waals surface area contributed by atoms with Gasteiger partial charge in [0.25, 0.3) is 0 Å². The Bertz CT molecular complexity index is 332. The van der Waals surface area contributed by atoms with Crippen LogP contribution in [0.1, 0.15) is 31.6 Å². The molecule has 1 heterocycles. The van der Waals surface area contributed by atoms with Crippen LogP contribution in [0.25, 0.3) is 0 Å². The second-order valence-electron chi connectivity index (χ2n) is 4.74. The maximum absolute atomic E-state index is 5.33. The van der Waals surface area contributed by atoms with Crippen molar-refractivity contribution in [3.8, 4) is 0 Å². The zero-order chi connectivity index (χ0) is 11.5. The summed E-state index contributed by atoms with van der Waals surface area (Å²) in [6.07, 6.45) is 4.73. The summed E-state index contributed by atoms with van der Waals surface area (Å²) >= 11 is 1.64. The fourth-order valence-corrected chi connectivity index (χ4v) is 2.49. The first-order chi connectivity index (χ1) is 7.69. The van der Waals surface area contributed by atoms with Gasteiger partial charge in [-0.3, -0.25) is 10.3 Å². The average molecular weight is 240 g/mol. The van der Waals surface area contributed by atoms with E-state index in [1.807, 2.05) is 6.20 Å². The van der Waals surface area contributed by atoms with E-state index in [9.17, 15) is 0 Å². The second-order valence-corrected chi connectivity index (χ2v) is 5.86. The van der Waals surface area contributed by atoms with Crippen LogP contribution in [0.3, 0.4) is 0 Å². The molecule has 0 bridgehead atoms. The van der Waals surface area contributed by atoms with Gasteiger partial charge in [-0.2, -0.15) is 0 Å². The molecular formula is C11H20N4S. The quantitative estimate of drug-likeness (QED) is 0.590. The van der Waals surface area contributed by atoms with Crippen molar-refractivity contribution in [2.24, 2.45) is 11.8 Å². The van der Waals surface area contributed by atoms with E-state index in [4.69, 9.17) is 5.84 Å². The highest BCUT2D eigenvalue weighted by molar-refractivity contribution is 7.15. The first kappa shape index (κ1) is 11.8. The van der Waals surface area contributed by atoms with Crippen molar-refractivity contribution in [1.82, 2.24) is 9.88 Å². The molecule has 2 rings (SSSR count). The maximum atomic E-state index is 5.33. The number of thiazole rings is 1. The van der Waals surface area contributed by atoms with Crippen LogP contribution in [0.2, 0.25) is 0 Å². The van der Waals surface area contributed by atoms with E-state index in [1.54, 1.807) is 11.3 Å². The SMILES string of the molecule is CC(C)N(Cc1cnc(NN)s1)CC1CC1. The summed E-state index contributed by atoms with van der Waals surface area (Å²) in [7, 11) is 0. The molecule has 16 heavy (non-hydrogen) atoms. The lowest BCUT2D eigenvalue weighted by molar-refractivity contribution is 0.205. The Morgan fingerprint density at radius 3 is 2.88 bits per heavy atom. The van der Waals surface area contributed by atoms with Gasteiger partial charge in [0, 0.05) is 30.2 Å². The lowest BCUT2D eigenvalue weighted by Crippen LogP contribution is -2.31. The van der Waals surface area contributed by atoms with Crippen molar-refractivity contribution in [1.29, 1.82) is 0 Å². The largest absolute Gasteiger partial charge is 0.300 e. The van der Waals surface area contributed by atoms with Gasteiger partial charge in [-0.25, -0.2) is 10.8 Å². The standard InChI is InChI=1S/C11H20N4S/c1-8(2)15(6-9-3-4-9)7-10-5-13-11(14-12)16-10/h5,8-9H,3-4,6-7,12H2,1-2H3,(H,13,14). The Labute approximate surface area is 101 Å². The number of nitrogens with two attached hydrogens (primary N) is 1. The van der Waals surface area contributed by atoms with E-state index in [0.29, 0.717) is 6.04 Å². The molecule has 0 unspecified atom stereocenters. The number of nitrogen functional groups attached to an aromatic ring is 1. The second kappa shape index (κ2) is 5.12. The van der Waals surface area contributed by atoms with Crippen LogP contribution in [0.15, 0.2) is 6.20 Å². The topological polar surface area (TPSA) is 54.2 Å². The van der Waals surface area contributed by atoms with Gasteiger partial charge in [-0.15, -0.1) is 0 Å². The highest BCUT2D eigenvalue weighted by atomic mass is 32.1. The number of hydrogen-bond donors (Lipinski definition) is 2. The molecule has 90 valence electrons. The Balaban J connectivity index is 1.92. The molecule has 1 saturated carbocycles. The zero-order valence-electron chi connectivity index (χ0n) is 9.94. The molecule has 4 nitrogen and oxygen atoms in total. The molecule has 0 spiro atoms. The summed E-state index contributed by atoms with van der Waals surface area (Å²) in [5, 5.41) is 0.796. The number of anilines is 1. The minimum Gasteiger partial charge on any atom is -0.300 e. The van der Waals surface area contributed by atoms with E-state index in [1.165, 1.54) is 24.3 Å². The van der Waals surface area contributed by atoms with Gasteiger partial charge in [-0.1, -0.05) is 11.3 Å².